The second-order valence-electron chi connectivity index (χ2n) is 4.90. The molecule has 0 N–H and O–H groups in total. The van der Waals surface area contributed by atoms with Crippen LogP contribution in [0.5, 0.6) is 0 Å². The van der Waals surface area contributed by atoms with Gasteiger partial charge in [-0.15, -0.1) is 0 Å². The fraction of sp³-hybridized carbons (Fsp3) is 0.579. The summed E-state index contributed by atoms with van der Waals surface area (Å²) >= 11 is 0. The van der Waals surface area contributed by atoms with Gasteiger partial charge in [0.25, 0.3) is 0 Å². The van der Waals surface area contributed by atoms with Crippen LogP contribution < -0.4 is 0 Å². The van der Waals surface area contributed by atoms with E-state index in [4.69, 9.17) is 0 Å². The maximum Gasteiger partial charge on any atom is -0.0347 e. The van der Waals surface area contributed by atoms with Gasteiger partial charge in [-0.2, -0.15) is 0 Å². The SMILES string of the molecule is CC/C=C/C=C/C=C/CCCC/C=C/CCCCC. The molecule has 0 aromatic heterocycles. The van der Waals surface area contributed by atoms with E-state index in [9.17, 15) is 0 Å². The van der Waals surface area contributed by atoms with Crippen molar-refractivity contribution < 1.29 is 0 Å². The van der Waals surface area contributed by atoms with Crippen LogP contribution in [0, 0.1) is 0 Å². The van der Waals surface area contributed by atoms with Crippen molar-refractivity contribution in [2.45, 2.75) is 71.6 Å². The maximum atomic E-state index is 2.36. The first kappa shape index (κ1) is 18.0. The quantitative estimate of drug-likeness (QED) is 0.206. The highest BCUT2D eigenvalue weighted by atomic mass is 13.9. The predicted molar refractivity (Wildman–Crippen MR) is 89.5 cm³/mol. The molecule has 0 aliphatic carbocycles. The van der Waals surface area contributed by atoms with Crippen LogP contribution in [0.3, 0.4) is 0 Å². The highest BCUT2D eigenvalue weighted by Gasteiger charge is 1.84. The summed E-state index contributed by atoms with van der Waals surface area (Å²) in [5.41, 5.74) is 0. The van der Waals surface area contributed by atoms with Gasteiger partial charge in [0.1, 0.15) is 0 Å². The lowest BCUT2D eigenvalue weighted by atomic mass is 10.1. The minimum atomic E-state index is 1.11. The molecule has 0 saturated carbocycles. The minimum Gasteiger partial charge on any atom is -0.0885 e. The summed E-state index contributed by atoms with van der Waals surface area (Å²) in [6.45, 7) is 4.41. The highest BCUT2D eigenvalue weighted by molar-refractivity contribution is 5.10. The molecule has 0 aromatic carbocycles. The first-order valence-electron chi connectivity index (χ1n) is 8.05. The Labute approximate surface area is 121 Å². The third kappa shape index (κ3) is 17.0. The zero-order valence-corrected chi connectivity index (χ0v) is 13.0. The molecule has 0 spiro atoms. The second kappa shape index (κ2) is 17.0. The van der Waals surface area contributed by atoms with Gasteiger partial charge in [0.15, 0.2) is 0 Å². The Morgan fingerprint density at radius 2 is 1.05 bits per heavy atom. The van der Waals surface area contributed by atoms with Gasteiger partial charge in [-0.1, -0.05) is 75.3 Å². The van der Waals surface area contributed by atoms with Crippen LogP contribution in [0.2, 0.25) is 0 Å². The lowest BCUT2D eigenvalue weighted by Gasteiger charge is -1.94. The smallest absolute Gasteiger partial charge is 0.0347 e. The standard InChI is InChI=1S/C19H32/c1-3-5-7-9-11-13-15-17-19-18-16-14-12-10-8-6-4-2/h5,7,9,11-15H,3-4,6,8,10,16-19H2,1-2H3/b7-5+,11-9+,14-12+,15-13+. The van der Waals surface area contributed by atoms with Gasteiger partial charge in [-0.25, -0.2) is 0 Å². The first-order chi connectivity index (χ1) is 9.41. The van der Waals surface area contributed by atoms with Crippen LogP contribution in [0.1, 0.15) is 71.6 Å². The van der Waals surface area contributed by atoms with Crippen LogP contribution >= 0.6 is 0 Å². The monoisotopic (exact) mass is 260 g/mol. The number of hydrogen-bond acceptors (Lipinski definition) is 0. The molecule has 0 heteroatoms. The van der Waals surface area contributed by atoms with Gasteiger partial charge in [0, 0.05) is 0 Å². The lowest BCUT2D eigenvalue weighted by molar-refractivity contribution is 0.723. The van der Waals surface area contributed by atoms with Crippen molar-refractivity contribution in [1.29, 1.82) is 0 Å². The Balaban J connectivity index is 3.28. The van der Waals surface area contributed by atoms with E-state index in [1.165, 1.54) is 51.4 Å². The predicted octanol–water partition coefficient (Wildman–Crippen LogP) is 6.76. The molecular formula is C19H32. The average molecular weight is 260 g/mol. The van der Waals surface area contributed by atoms with Gasteiger partial charge >= 0.3 is 0 Å². The van der Waals surface area contributed by atoms with E-state index in [0.717, 1.165) is 6.42 Å². The van der Waals surface area contributed by atoms with Crippen LogP contribution in [-0.4, -0.2) is 0 Å². The summed E-state index contributed by atoms with van der Waals surface area (Å²) < 4.78 is 0. The first-order valence-corrected chi connectivity index (χ1v) is 8.05. The van der Waals surface area contributed by atoms with Crippen molar-refractivity contribution in [3.63, 3.8) is 0 Å². The molecule has 0 rings (SSSR count). The third-order valence-corrected chi connectivity index (χ3v) is 2.97. The summed E-state index contributed by atoms with van der Waals surface area (Å²) in [5, 5.41) is 0. The largest absolute Gasteiger partial charge is 0.0885 e. The van der Waals surface area contributed by atoms with Gasteiger partial charge in [0.2, 0.25) is 0 Å². The van der Waals surface area contributed by atoms with Crippen LogP contribution in [0.25, 0.3) is 0 Å². The summed E-state index contributed by atoms with van der Waals surface area (Å²) in [6.07, 6.45) is 29.1. The van der Waals surface area contributed by atoms with E-state index in [2.05, 4.69) is 62.5 Å². The number of hydrogen-bond donors (Lipinski definition) is 0. The summed E-state index contributed by atoms with van der Waals surface area (Å²) in [5.74, 6) is 0. The lowest BCUT2D eigenvalue weighted by Crippen LogP contribution is -1.74. The molecule has 19 heavy (non-hydrogen) atoms. The number of unbranched alkanes of at least 4 members (excludes halogenated alkanes) is 6. The van der Waals surface area contributed by atoms with Gasteiger partial charge in [-0.3, -0.25) is 0 Å². The van der Waals surface area contributed by atoms with Gasteiger partial charge < -0.3 is 0 Å². The molecule has 0 atom stereocenters. The Bertz CT molecular complexity index is 266. The van der Waals surface area contributed by atoms with Crippen molar-refractivity contribution in [3.8, 4) is 0 Å². The molecule has 0 saturated heterocycles. The second-order valence-corrected chi connectivity index (χ2v) is 4.90. The van der Waals surface area contributed by atoms with Crippen molar-refractivity contribution >= 4 is 0 Å². The highest BCUT2D eigenvalue weighted by Crippen LogP contribution is 2.04. The van der Waals surface area contributed by atoms with E-state index in [1.54, 1.807) is 0 Å². The number of allylic oxidation sites excluding steroid dienone is 8. The Morgan fingerprint density at radius 1 is 0.526 bits per heavy atom. The van der Waals surface area contributed by atoms with Crippen LogP contribution in [0.4, 0.5) is 0 Å². The zero-order valence-electron chi connectivity index (χ0n) is 13.0. The Kier molecular flexibility index (Phi) is 16.0. The third-order valence-electron chi connectivity index (χ3n) is 2.97. The van der Waals surface area contributed by atoms with Crippen molar-refractivity contribution in [2.24, 2.45) is 0 Å². The Hall–Kier alpha value is -1.04. The molecule has 0 heterocycles. The summed E-state index contributed by atoms with van der Waals surface area (Å²) in [6, 6.07) is 0. The molecule has 0 unspecified atom stereocenters. The molecule has 0 bridgehead atoms. The molecule has 0 aliphatic heterocycles. The Morgan fingerprint density at radius 3 is 1.63 bits per heavy atom. The molecule has 0 radical (unpaired) electrons. The fourth-order valence-electron chi connectivity index (χ4n) is 1.79. The zero-order chi connectivity index (χ0) is 14.0. The molecular weight excluding hydrogens is 228 g/mol. The van der Waals surface area contributed by atoms with Gasteiger partial charge in [-0.05, 0) is 44.9 Å². The van der Waals surface area contributed by atoms with Crippen LogP contribution in [0.15, 0.2) is 48.6 Å². The fourth-order valence-corrected chi connectivity index (χ4v) is 1.79. The van der Waals surface area contributed by atoms with E-state index in [1.807, 2.05) is 0 Å². The maximum absolute atomic E-state index is 2.36. The van der Waals surface area contributed by atoms with E-state index >= 15 is 0 Å². The van der Waals surface area contributed by atoms with Gasteiger partial charge in [0.05, 0.1) is 0 Å². The molecule has 0 aliphatic rings. The van der Waals surface area contributed by atoms with E-state index in [0.29, 0.717) is 0 Å². The van der Waals surface area contributed by atoms with E-state index < -0.39 is 0 Å². The molecule has 0 fully saturated rings. The topological polar surface area (TPSA) is 0 Å². The normalized spacial score (nSPS) is 12.7. The van der Waals surface area contributed by atoms with Crippen molar-refractivity contribution in [2.75, 3.05) is 0 Å². The summed E-state index contributed by atoms with van der Waals surface area (Å²) in [4.78, 5) is 0. The van der Waals surface area contributed by atoms with E-state index in [-0.39, 0.29) is 0 Å². The van der Waals surface area contributed by atoms with Crippen LogP contribution in [-0.2, 0) is 0 Å². The minimum absolute atomic E-state index is 1.11. The van der Waals surface area contributed by atoms with Crippen molar-refractivity contribution in [3.05, 3.63) is 48.6 Å². The summed E-state index contributed by atoms with van der Waals surface area (Å²) in [7, 11) is 0. The molecule has 0 nitrogen and oxygen atoms in total. The molecule has 0 amide bonds. The van der Waals surface area contributed by atoms with Crippen molar-refractivity contribution in [1.82, 2.24) is 0 Å². The number of rotatable bonds is 12. The molecule has 108 valence electrons. The molecule has 0 aromatic rings. The average Bonchev–Trinajstić information content (AvgIpc) is 2.43.